The van der Waals surface area contributed by atoms with Crippen molar-refractivity contribution in [2.24, 2.45) is 5.73 Å². The molecule has 96 valence electrons. The Kier molecular flexibility index (Phi) is 6.23. The second-order valence-corrected chi connectivity index (χ2v) is 5.08. The maximum atomic E-state index is 5.49. The Morgan fingerprint density at radius 2 is 1.65 bits per heavy atom. The number of nitrogens with two attached hydrogens (primary N) is 1. The lowest BCUT2D eigenvalue weighted by Gasteiger charge is -2.17. The molecule has 0 aliphatic carbocycles. The molecule has 1 aromatic rings. The summed E-state index contributed by atoms with van der Waals surface area (Å²) in [5, 5.41) is 0. The highest BCUT2D eigenvalue weighted by atomic mass is 15.1. The molecule has 0 radical (unpaired) electrons. The molecule has 0 heterocycles. The van der Waals surface area contributed by atoms with Crippen molar-refractivity contribution in [2.75, 3.05) is 20.1 Å². The van der Waals surface area contributed by atoms with E-state index in [-0.39, 0.29) is 0 Å². The van der Waals surface area contributed by atoms with Crippen LogP contribution in [0.2, 0.25) is 0 Å². The minimum absolute atomic E-state index is 0.820. The highest BCUT2D eigenvalue weighted by Crippen LogP contribution is 2.11. The summed E-state index contributed by atoms with van der Waals surface area (Å²) in [5.74, 6) is 0. The smallest absolute Gasteiger partial charge is 0.0230 e. The molecule has 17 heavy (non-hydrogen) atoms. The van der Waals surface area contributed by atoms with E-state index in [9.17, 15) is 0 Å². The van der Waals surface area contributed by atoms with Crippen LogP contribution in [0.5, 0.6) is 0 Å². The molecule has 2 N–H and O–H groups in total. The van der Waals surface area contributed by atoms with Crippen LogP contribution in [0.4, 0.5) is 0 Å². The molecule has 0 fully saturated rings. The molecular weight excluding hydrogens is 208 g/mol. The summed E-state index contributed by atoms with van der Waals surface area (Å²) in [6.07, 6.45) is 3.64. The Hall–Kier alpha value is -0.860. The van der Waals surface area contributed by atoms with Crippen LogP contribution >= 0.6 is 0 Å². The Morgan fingerprint density at radius 1 is 1.00 bits per heavy atom. The molecular formula is C15H26N2. The van der Waals surface area contributed by atoms with E-state index in [0.717, 1.165) is 26.1 Å². The molecule has 0 aromatic heterocycles. The topological polar surface area (TPSA) is 29.3 Å². The van der Waals surface area contributed by atoms with Gasteiger partial charge in [-0.2, -0.15) is 0 Å². The molecule has 0 atom stereocenters. The minimum Gasteiger partial charge on any atom is -0.330 e. The van der Waals surface area contributed by atoms with Crippen molar-refractivity contribution in [1.82, 2.24) is 4.90 Å². The second-order valence-electron chi connectivity index (χ2n) is 5.08. The van der Waals surface area contributed by atoms with E-state index in [1.54, 1.807) is 0 Å². The molecule has 0 unspecified atom stereocenters. The average Bonchev–Trinajstić information content (AvgIpc) is 2.23. The lowest BCUT2D eigenvalue weighted by Crippen LogP contribution is -2.19. The largest absolute Gasteiger partial charge is 0.330 e. The Morgan fingerprint density at radius 3 is 2.24 bits per heavy atom. The zero-order valence-corrected chi connectivity index (χ0v) is 11.5. The second kappa shape index (κ2) is 7.46. The van der Waals surface area contributed by atoms with Gasteiger partial charge in [0.2, 0.25) is 0 Å². The number of nitrogens with zero attached hydrogens (tertiary/aromatic N) is 1. The van der Waals surface area contributed by atoms with Gasteiger partial charge in [-0.15, -0.1) is 0 Å². The van der Waals surface area contributed by atoms with Crippen LogP contribution < -0.4 is 5.73 Å². The van der Waals surface area contributed by atoms with Gasteiger partial charge in [0.15, 0.2) is 0 Å². The summed E-state index contributed by atoms with van der Waals surface area (Å²) < 4.78 is 0. The Balaban J connectivity index is 2.36. The molecule has 0 bridgehead atoms. The van der Waals surface area contributed by atoms with Gasteiger partial charge in [0.25, 0.3) is 0 Å². The van der Waals surface area contributed by atoms with E-state index in [4.69, 9.17) is 5.73 Å². The van der Waals surface area contributed by atoms with E-state index in [2.05, 4.69) is 44.0 Å². The molecule has 1 rings (SSSR count). The zero-order valence-electron chi connectivity index (χ0n) is 11.5. The third-order valence-electron chi connectivity index (χ3n) is 2.98. The van der Waals surface area contributed by atoms with Crippen molar-refractivity contribution in [3.05, 3.63) is 34.9 Å². The molecule has 0 spiro atoms. The quantitative estimate of drug-likeness (QED) is 0.735. The monoisotopic (exact) mass is 234 g/mol. The van der Waals surface area contributed by atoms with E-state index in [1.165, 1.54) is 29.5 Å². The summed E-state index contributed by atoms with van der Waals surface area (Å²) in [7, 11) is 2.19. The van der Waals surface area contributed by atoms with E-state index < -0.39 is 0 Å². The van der Waals surface area contributed by atoms with Gasteiger partial charge >= 0.3 is 0 Å². The highest BCUT2D eigenvalue weighted by Gasteiger charge is 2.01. The predicted molar refractivity (Wildman–Crippen MR) is 75.2 cm³/mol. The zero-order chi connectivity index (χ0) is 12.7. The molecule has 0 aliphatic rings. The van der Waals surface area contributed by atoms with Gasteiger partial charge in [0.05, 0.1) is 0 Å². The van der Waals surface area contributed by atoms with Crippen molar-refractivity contribution in [3.8, 4) is 0 Å². The first kappa shape index (κ1) is 14.2. The van der Waals surface area contributed by atoms with Crippen molar-refractivity contribution < 1.29 is 0 Å². The van der Waals surface area contributed by atoms with Crippen molar-refractivity contribution in [2.45, 2.75) is 39.7 Å². The van der Waals surface area contributed by atoms with E-state index in [1.807, 2.05) is 0 Å². The Labute approximate surface area is 106 Å². The Bertz CT molecular complexity index is 313. The van der Waals surface area contributed by atoms with Crippen LogP contribution in [0, 0.1) is 13.8 Å². The maximum absolute atomic E-state index is 5.49. The van der Waals surface area contributed by atoms with Crippen LogP contribution in [0.1, 0.15) is 36.0 Å². The molecule has 0 saturated heterocycles. The van der Waals surface area contributed by atoms with Crippen LogP contribution in [0.3, 0.4) is 0 Å². The third kappa shape index (κ3) is 5.85. The fourth-order valence-corrected chi connectivity index (χ4v) is 2.25. The molecule has 0 aliphatic heterocycles. The lowest BCUT2D eigenvalue weighted by atomic mass is 10.1. The minimum atomic E-state index is 0.820. The van der Waals surface area contributed by atoms with Crippen molar-refractivity contribution >= 4 is 0 Å². The first-order chi connectivity index (χ1) is 8.11. The standard InChI is InChI=1S/C15H26N2/c1-13-9-14(2)11-15(10-13)12-17(3)8-6-4-5-7-16/h9-11H,4-8,12,16H2,1-3H3. The van der Waals surface area contributed by atoms with Gasteiger partial charge in [0, 0.05) is 6.54 Å². The summed E-state index contributed by atoms with van der Waals surface area (Å²) in [5.41, 5.74) is 9.62. The number of unbranched alkanes of at least 4 members (excludes halogenated alkanes) is 2. The molecule has 0 saturated carbocycles. The molecule has 2 heteroatoms. The van der Waals surface area contributed by atoms with Gasteiger partial charge in [0.1, 0.15) is 0 Å². The van der Waals surface area contributed by atoms with Crippen LogP contribution in [-0.2, 0) is 6.54 Å². The first-order valence-electron chi connectivity index (χ1n) is 6.57. The van der Waals surface area contributed by atoms with Crippen molar-refractivity contribution in [3.63, 3.8) is 0 Å². The SMILES string of the molecule is Cc1cc(C)cc(CN(C)CCCCCN)c1. The van der Waals surface area contributed by atoms with Gasteiger partial charge in [-0.3, -0.25) is 0 Å². The predicted octanol–water partition coefficient (Wildman–Crippen LogP) is 2.86. The highest BCUT2D eigenvalue weighted by molar-refractivity contribution is 5.28. The number of rotatable bonds is 7. The molecule has 0 amide bonds. The lowest BCUT2D eigenvalue weighted by molar-refractivity contribution is 0.317. The van der Waals surface area contributed by atoms with E-state index in [0.29, 0.717) is 0 Å². The van der Waals surface area contributed by atoms with Gasteiger partial charge < -0.3 is 10.6 Å². The van der Waals surface area contributed by atoms with E-state index >= 15 is 0 Å². The number of hydrogen-bond donors (Lipinski definition) is 1. The number of hydrogen-bond acceptors (Lipinski definition) is 2. The number of aryl methyl sites for hydroxylation is 2. The van der Waals surface area contributed by atoms with Gasteiger partial charge in [-0.05, 0) is 52.4 Å². The third-order valence-corrected chi connectivity index (χ3v) is 2.98. The summed E-state index contributed by atoms with van der Waals surface area (Å²) >= 11 is 0. The summed E-state index contributed by atoms with van der Waals surface area (Å²) in [6, 6.07) is 6.79. The van der Waals surface area contributed by atoms with Crippen molar-refractivity contribution in [1.29, 1.82) is 0 Å². The molecule has 1 aromatic carbocycles. The first-order valence-corrected chi connectivity index (χ1v) is 6.57. The van der Waals surface area contributed by atoms with Crippen LogP contribution in [-0.4, -0.2) is 25.0 Å². The normalized spacial score (nSPS) is 11.1. The van der Waals surface area contributed by atoms with Crippen LogP contribution in [0.25, 0.3) is 0 Å². The van der Waals surface area contributed by atoms with Gasteiger partial charge in [-0.25, -0.2) is 0 Å². The summed E-state index contributed by atoms with van der Waals surface area (Å²) in [6.45, 7) is 7.36. The fraction of sp³-hybridized carbons (Fsp3) is 0.600. The average molecular weight is 234 g/mol. The summed E-state index contributed by atoms with van der Waals surface area (Å²) in [4.78, 5) is 2.39. The van der Waals surface area contributed by atoms with Crippen LogP contribution in [0.15, 0.2) is 18.2 Å². The number of benzene rings is 1. The van der Waals surface area contributed by atoms with Gasteiger partial charge in [-0.1, -0.05) is 35.7 Å². The maximum Gasteiger partial charge on any atom is 0.0230 e. The molecule has 2 nitrogen and oxygen atoms in total. The fourth-order valence-electron chi connectivity index (χ4n) is 2.25.